The van der Waals surface area contributed by atoms with E-state index in [0.29, 0.717) is 18.4 Å². The fourth-order valence-corrected chi connectivity index (χ4v) is 8.56. The second kappa shape index (κ2) is 33.0. The summed E-state index contributed by atoms with van der Waals surface area (Å²) >= 11 is 9.39. The minimum atomic E-state index is -1.51. The Kier molecular flexibility index (Phi) is 28.4. The summed E-state index contributed by atoms with van der Waals surface area (Å²) in [4.78, 5) is 149. The molecule has 1 saturated heterocycles. The zero-order valence-corrected chi connectivity index (χ0v) is 41.6. The molecule has 0 unspecified atom stereocenters. The van der Waals surface area contributed by atoms with Crippen LogP contribution >= 0.6 is 37.0 Å². The Morgan fingerprint density at radius 1 is 0.771 bits per heavy atom. The lowest BCUT2D eigenvalue weighted by Gasteiger charge is -2.24. The highest BCUT2D eigenvalue weighted by molar-refractivity contribution is 8.00. The van der Waals surface area contributed by atoms with Crippen LogP contribution in [0.5, 0.6) is 0 Å². The van der Waals surface area contributed by atoms with Crippen molar-refractivity contribution in [1.29, 1.82) is 0 Å². The number of benzene rings is 1. The molecule has 26 heteroatoms. The zero-order chi connectivity index (χ0) is 52.2. The molecule has 2 rings (SSSR count). The molecule has 70 heavy (non-hydrogen) atoms. The van der Waals surface area contributed by atoms with Crippen LogP contribution in [0.3, 0.4) is 0 Å². The van der Waals surface area contributed by atoms with Crippen molar-refractivity contribution in [2.24, 2.45) is 39.9 Å². The number of carbonyl (C=O) groups is 11. The lowest BCUT2D eigenvalue weighted by atomic mass is 9.91. The number of thioether (sulfide) groups is 1. The number of hydrogen-bond donors (Lipinski definition) is 12. The largest absolute Gasteiger partial charge is 0.481 e. The molecule has 1 aromatic rings. The van der Waals surface area contributed by atoms with Gasteiger partial charge in [0.2, 0.25) is 41.4 Å². The van der Waals surface area contributed by atoms with Gasteiger partial charge in [-0.25, -0.2) is 0 Å². The highest BCUT2D eigenvalue weighted by atomic mass is 32.2. The summed E-state index contributed by atoms with van der Waals surface area (Å²) < 4.78 is 4.81. The molecule has 388 valence electrons. The van der Waals surface area contributed by atoms with Gasteiger partial charge in [-0.3, -0.25) is 57.7 Å². The number of Topliss-reactive ketones (excluding diaryl/α,β-unsaturated/α-hetero) is 3. The molecule has 1 aliphatic heterocycles. The van der Waals surface area contributed by atoms with Gasteiger partial charge < -0.3 is 58.9 Å². The number of nitrogens with zero attached hydrogens (tertiary/aromatic N) is 1. The van der Waals surface area contributed by atoms with E-state index >= 15 is 0 Å². The van der Waals surface area contributed by atoms with Crippen LogP contribution in [0.1, 0.15) is 63.4 Å². The normalized spacial score (nSPS) is 23.3. The van der Waals surface area contributed by atoms with Gasteiger partial charge in [0.1, 0.15) is 18.7 Å². The number of ether oxygens (including phenoxy) is 1. The average Bonchev–Trinajstić information content (AvgIpc) is 3.30. The number of nitrogens with two attached hydrogens (primary N) is 3. The minimum absolute atomic E-state index is 0.00564. The lowest BCUT2D eigenvalue weighted by molar-refractivity contribution is -0.142. The van der Waals surface area contributed by atoms with E-state index in [9.17, 15) is 57.8 Å². The van der Waals surface area contributed by atoms with Crippen molar-refractivity contribution in [2.45, 2.75) is 88.4 Å². The third-order valence-corrected chi connectivity index (χ3v) is 12.6. The summed E-state index contributed by atoms with van der Waals surface area (Å²) in [5.41, 5.74) is 17.2. The molecule has 0 spiro atoms. The molecule has 1 aromatic carbocycles. The van der Waals surface area contributed by atoms with E-state index in [0.717, 1.165) is 11.8 Å². The zero-order valence-electron chi connectivity index (χ0n) is 39.0. The van der Waals surface area contributed by atoms with Crippen LogP contribution in [-0.4, -0.2) is 156 Å². The summed E-state index contributed by atoms with van der Waals surface area (Å²) in [6, 6.07) is 3.39. The maximum atomic E-state index is 13.9. The quantitative estimate of drug-likeness (QED) is 0.0315. The second-order valence-corrected chi connectivity index (χ2v) is 18.3. The smallest absolute Gasteiger partial charge is 0.304 e. The van der Waals surface area contributed by atoms with Crippen LogP contribution in [0.25, 0.3) is 0 Å². The molecular weight excluding hydrogens is 973 g/mol. The monoisotopic (exact) mass is 1040 g/mol. The van der Waals surface area contributed by atoms with E-state index in [4.69, 9.17) is 21.9 Å². The average molecular weight is 1040 g/mol. The molecule has 1 heterocycles. The first-order chi connectivity index (χ1) is 33.3. The Balaban J connectivity index is 2.56. The highest BCUT2D eigenvalue weighted by Gasteiger charge is 2.34. The number of thiol groups is 2. The summed E-state index contributed by atoms with van der Waals surface area (Å²) in [5, 5.41) is 25.0. The molecule has 0 bridgehead atoms. The number of unbranched alkanes of at least 4 members (excludes halogenated alkanes) is 1. The third kappa shape index (κ3) is 23.7. The number of aliphatic carboxylic acids is 1. The maximum absolute atomic E-state index is 13.9. The van der Waals surface area contributed by atoms with Gasteiger partial charge in [0, 0.05) is 68.6 Å². The minimum Gasteiger partial charge on any atom is -0.481 e. The van der Waals surface area contributed by atoms with E-state index in [1.54, 1.807) is 30.3 Å². The van der Waals surface area contributed by atoms with Crippen LogP contribution in [-0.2, 0) is 63.9 Å². The number of guanidine groups is 1. The Labute approximate surface area is 421 Å². The van der Waals surface area contributed by atoms with Crippen molar-refractivity contribution in [3.05, 3.63) is 35.9 Å². The molecule has 7 amide bonds. The predicted octanol–water partition coefficient (Wildman–Crippen LogP) is -2.44. The van der Waals surface area contributed by atoms with E-state index in [1.165, 1.54) is 7.11 Å². The van der Waals surface area contributed by atoms with Gasteiger partial charge in [-0.05, 0) is 44.1 Å². The lowest BCUT2D eigenvalue weighted by Crippen LogP contribution is -2.53. The SMILES string of the molecule is COCC(=O)NCCCC[C@@H]1NC(=O)CSC[C@@H](C(N)=O)NC(=O)[C@H](Cc2ccccc2)CC(=O)[C@H](CS)NC(=O)[C@H](CC(=O)O)CC(=O)CNC(=O)[C@H](CCCN=C(N)N)CC(=O)[C@H](CS)NC1=O. The first-order valence-corrected chi connectivity index (χ1v) is 24.9. The molecule has 1 aliphatic rings. The first-order valence-electron chi connectivity index (χ1n) is 22.5. The number of amides is 7. The molecule has 0 aliphatic carbocycles. The van der Waals surface area contributed by atoms with Crippen molar-refractivity contribution >= 4 is 108 Å². The Morgan fingerprint density at radius 2 is 1.40 bits per heavy atom. The molecule has 13 N–H and O–H groups in total. The van der Waals surface area contributed by atoms with Gasteiger partial charge in [0.15, 0.2) is 23.3 Å². The number of hydrogen-bond acceptors (Lipinski definition) is 16. The van der Waals surface area contributed by atoms with Gasteiger partial charge >= 0.3 is 5.97 Å². The van der Waals surface area contributed by atoms with Crippen molar-refractivity contribution < 1.29 is 62.6 Å². The Hall–Kier alpha value is -5.73. The second-order valence-electron chi connectivity index (χ2n) is 16.5. The standard InChI is InChI=1S/C44H66N10O13S3/c1-67-20-36(58)48-12-6-5-11-30-43(66)53-32(22-69)34(56)16-26(10-7-13-49-44(46)47)40(63)50-19-29(55)15-28(18-38(60)61)42(65)52-31(21-68)35(57)17-27(14-25-8-3-2-4-9-25)41(64)54-33(39(45)62)23-70-24-37(59)51-30/h2-4,8-9,26-28,30-33,68-69H,5-7,10-24H2,1H3,(H2,45,62)(H,48,58)(H,50,63)(H,51,59)(H,52,65)(H,53,66)(H,54,64)(H,60,61)(H4,46,47,49)/t26-,27-,28+,30+,31+,32+,33+/m1/s1. The number of carboxylic acids is 1. The number of aliphatic imine (C=N–C) groups is 1. The van der Waals surface area contributed by atoms with Gasteiger partial charge in [-0.2, -0.15) is 25.3 Å². The third-order valence-electron chi connectivity index (χ3n) is 10.8. The van der Waals surface area contributed by atoms with E-state index in [-0.39, 0.29) is 80.3 Å². The van der Waals surface area contributed by atoms with Crippen LogP contribution in [0, 0.1) is 17.8 Å². The van der Waals surface area contributed by atoms with Crippen molar-refractivity contribution in [3.63, 3.8) is 0 Å². The summed E-state index contributed by atoms with van der Waals surface area (Å²) in [7, 11) is 1.36. The van der Waals surface area contributed by atoms with Crippen molar-refractivity contribution in [3.8, 4) is 0 Å². The van der Waals surface area contributed by atoms with Crippen LogP contribution in [0.15, 0.2) is 35.3 Å². The van der Waals surface area contributed by atoms with E-state index < -0.39 is 133 Å². The van der Waals surface area contributed by atoms with Crippen LogP contribution < -0.4 is 49.1 Å². The number of rotatable bonds is 18. The van der Waals surface area contributed by atoms with Crippen molar-refractivity contribution in [1.82, 2.24) is 31.9 Å². The fourth-order valence-electron chi connectivity index (χ4n) is 7.10. The number of primary amides is 1. The number of methoxy groups -OCH3 is 1. The van der Waals surface area contributed by atoms with Gasteiger partial charge in [0.25, 0.3) is 0 Å². The molecule has 1 fully saturated rings. The van der Waals surface area contributed by atoms with Crippen LogP contribution in [0.2, 0.25) is 0 Å². The van der Waals surface area contributed by atoms with Gasteiger partial charge in [-0.1, -0.05) is 30.3 Å². The summed E-state index contributed by atoms with van der Waals surface area (Å²) in [5.74, 6) is -13.8. The highest BCUT2D eigenvalue weighted by Crippen LogP contribution is 2.19. The van der Waals surface area contributed by atoms with E-state index in [2.05, 4.69) is 62.2 Å². The van der Waals surface area contributed by atoms with E-state index in [1.807, 2.05) is 0 Å². The predicted molar refractivity (Wildman–Crippen MR) is 265 cm³/mol. The molecular formula is C44H66N10O13S3. The van der Waals surface area contributed by atoms with Gasteiger partial charge in [0.05, 0.1) is 36.7 Å². The molecule has 0 radical (unpaired) electrons. The number of carboxylic acid groups (broad SMARTS) is 1. The Bertz CT molecular complexity index is 2010. The topological polar surface area (TPSA) is 380 Å². The summed E-state index contributed by atoms with van der Waals surface area (Å²) in [6.07, 6.45) is -1.50. The van der Waals surface area contributed by atoms with Gasteiger partial charge in [-0.15, -0.1) is 11.8 Å². The number of carbonyl (C=O) groups excluding carboxylic acids is 10. The molecule has 0 saturated carbocycles. The summed E-state index contributed by atoms with van der Waals surface area (Å²) in [6.45, 7) is -0.534. The molecule has 0 aromatic heterocycles. The van der Waals surface area contributed by atoms with Crippen molar-refractivity contribution in [2.75, 3.05) is 56.4 Å². The first kappa shape index (κ1) is 60.4. The molecule has 7 atom stereocenters. The maximum Gasteiger partial charge on any atom is 0.304 e. The van der Waals surface area contributed by atoms with Crippen LogP contribution in [0.4, 0.5) is 0 Å². The number of nitrogens with one attached hydrogen (secondary N) is 6. The fraction of sp³-hybridized carbons (Fsp3) is 0.591. The Morgan fingerprint density at radius 3 is 2.00 bits per heavy atom. The number of ketones is 3. The molecule has 23 nitrogen and oxygen atoms in total.